The predicted octanol–water partition coefficient (Wildman–Crippen LogP) is 4.37. The third-order valence-corrected chi connectivity index (χ3v) is 6.54. The second-order valence-corrected chi connectivity index (χ2v) is 9.72. The maximum atomic E-state index is 13.3. The van der Waals surface area contributed by atoms with Crippen molar-refractivity contribution >= 4 is 23.1 Å². The molecule has 1 aromatic carbocycles. The van der Waals surface area contributed by atoms with Gasteiger partial charge in [0.15, 0.2) is 0 Å². The summed E-state index contributed by atoms with van der Waals surface area (Å²) in [6, 6.07) is 8.29. The first-order valence-corrected chi connectivity index (χ1v) is 11.7. The number of carbonyl (C=O) groups excluding carboxylic acids is 1. The van der Waals surface area contributed by atoms with Crippen molar-refractivity contribution in [3.63, 3.8) is 0 Å². The number of hydrogen-bond donors (Lipinski definition) is 0. The number of aromatic nitrogens is 3. The van der Waals surface area contributed by atoms with E-state index < -0.39 is 0 Å². The molecule has 4 rings (SSSR count). The van der Waals surface area contributed by atoms with Crippen molar-refractivity contribution in [1.29, 1.82) is 0 Å². The van der Waals surface area contributed by atoms with Gasteiger partial charge in [-0.3, -0.25) is 4.79 Å². The average Bonchev–Trinajstić information content (AvgIpc) is 3.13. The summed E-state index contributed by atoms with van der Waals surface area (Å²) in [5.74, 6) is 1.88. The van der Waals surface area contributed by atoms with Gasteiger partial charge in [0.1, 0.15) is 17.5 Å². The molecule has 3 heterocycles. The lowest BCUT2D eigenvalue weighted by molar-refractivity contribution is -0.130. The van der Waals surface area contributed by atoms with Crippen molar-refractivity contribution in [2.45, 2.75) is 40.0 Å². The molecule has 0 saturated carbocycles. The quantitative estimate of drug-likeness (QED) is 0.574. The van der Waals surface area contributed by atoms with E-state index in [1.807, 2.05) is 24.8 Å². The molecule has 1 fully saturated rings. The van der Waals surface area contributed by atoms with Crippen molar-refractivity contribution in [3.05, 3.63) is 57.6 Å². The lowest BCUT2D eigenvalue weighted by Crippen LogP contribution is -2.49. The summed E-state index contributed by atoms with van der Waals surface area (Å²) in [6.45, 7) is 10.9. The summed E-state index contributed by atoms with van der Waals surface area (Å²) in [5.41, 5.74) is 2.58. The van der Waals surface area contributed by atoms with Gasteiger partial charge in [0.05, 0.1) is 17.1 Å². The number of thiazole rings is 1. The summed E-state index contributed by atoms with van der Waals surface area (Å²) < 4.78 is 13.3. The molecule has 2 aromatic heterocycles. The summed E-state index contributed by atoms with van der Waals surface area (Å²) >= 11 is 1.53. The van der Waals surface area contributed by atoms with E-state index >= 15 is 0 Å². The minimum Gasteiger partial charge on any atom is -0.353 e. The van der Waals surface area contributed by atoms with Crippen LogP contribution in [0.5, 0.6) is 0 Å². The van der Waals surface area contributed by atoms with E-state index in [1.165, 1.54) is 23.5 Å². The predicted molar refractivity (Wildman–Crippen MR) is 126 cm³/mol. The Balaban J connectivity index is 1.42. The van der Waals surface area contributed by atoms with Crippen LogP contribution in [0.1, 0.15) is 41.2 Å². The third kappa shape index (κ3) is 4.96. The number of anilines is 1. The molecule has 1 aliphatic rings. The average molecular weight is 454 g/mol. The summed E-state index contributed by atoms with van der Waals surface area (Å²) in [5, 5.41) is 0.900. The van der Waals surface area contributed by atoms with Crippen LogP contribution in [0, 0.1) is 19.7 Å². The van der Waals surface area contributed by atoms with Gasteiger partial charge < -0.3 is 9.80 Å². The maximum absolute atomic E-state index is 13.3. The van der Waals surface area contributed by atoms with Gasteiger partial charge in [-0.1, -0.05) is 13.8 Å². The summed E-state index contributed by atoms with van der Waals surface area (Å²) in [7, 11) is 0. The molecule has 0 atom stereocenters. The number of carbonyl (C=O) groups is 1. The monoisotopic (exact) mass is 453 g/mol. The number of halogens is 1. The molecule has 0 spiro atoms. The standard InChI is InChI=1S/C24H28FN5OS/c1-15(2)24-26-16(3)13-21(28-24)29-9-11-30(12-10-29)22(31)14-20-23(27-17(4)32-20)18-5-7-19(25)8-6-18/h5-8,13,15H,9-12,14H2,1-4H3. The van der Waals surface area contributed by atoms with Gasteiger partial charge in [-0.25, -0.2) is 19.3 Å². The van der Waals surface area contributed by atoms with E-state index in [9.17, 15) is 9.18 Å². The fourth-order valence-corrected chi connectivity index (χ4v) is 4.80. The fraction of sp³-hybridized carbons (Fsp3) is 0.417. The van der Waals surface area contributed by atoms with Crippen molar-refractivity contribution in [2.75, 3.05) is 31.1 Å². The largest absolute Gasteiger partial charge is 0.353 e. The molecule has 1 saturated heterocycles. The molecule has 0 aliphatic carbocycles. The van der Waals surface area contributed by atoms with Gasteiger partial charge in [0.2, 0.25) is 5.91 Å². The molecular formula is C24H28FN5OS. The molecular weight excluding hydrogens is 425 g/mol. The molecule has 0 bridgehead atoms. The highest BCUT2D eigenvalue weighted by molar-refractivity contribution is 7.12. The molecule has 6 nitrogen and oxygen atoms in total. The topological polar surface area (TPSA) is 62.2 Å². The van der Waals surface area contributed by atoms with Crippen LogP contribution in [0.4, 0.5) is 10.2 Å². The zero-order valence-electron chi connectivity index (χ0n) is 18.9. The van der Waals surface area contributed by atoms with Crippen LogP contribution >= 0.6 is 11.3 Å². The van der Waals surface area contributed by atoms with Crippen LogP contribution < -0.4 is 4.90 Å². The first kappa shape index (κ1) is 22.3. The molecule has 3 aromatic rings. The van der Waals surface area contributed by atoms with Gasteiger partial charge in [-0.15, -0.1) is 11.3 Å². The van der Waals surface area contributed by atoms with Crippen LogP contribution in [-0.4, -0.2) is 51.9 Å². The molecule has 0 radical (unpaired) electrons. The van der Waals surface area contributed by atoms with Gasteiger partial charge in [0, 0.05) is 54.3 Å². The second kappa shape index (κ2) is 9.32. The van der Waals surface area contributed by atoms with Crippen LogP contribution in [0.3, 0.4) is 0 Å². The Bertz CT molecular complexity index is 1100. The number of nitrogens with zero attached hydrogens (tertiary/aromatic N) is 5. The van der Waals surface area contributed by atoms with E-state index in [4.69, 9.17) is 4.98 Å². The molecule has 0 unspecified atom stereocenters. The highest BCUT2D eigenvalue weighted by Gasteiger charge is 2.24. The van der Waals surface area contributed by atoms with Gasteiger partial charge in [0.25, 0.3) is 0 Å². The van der Waals surface area contributed by atoms with Gasteiger partial charge in [-0.2, -0.15) is 0 Å². The van der Waals surface area contributed by atoms with Crippen molar-refractivity contribution in [1.82, 2.24) is 19.9 Å². The Labute approximate surface area is 192 Å². The number of piperazine rings is 1. The Morgan fingerprint density at radius 2 is 1.75 bits per heavy atom. The van der Waals surface area contributed by atoms with E-state index in [1.54, 1.807) is 12.1 Å². The van der Waals surface area contributed by atoms with Gasteiger partial charge >= 0.3 is 0 Å². The van der Waals surface area contributed by atoms with Crippen LogP contribution in [0.2, 0.25) is 0 Å². The maximum Gasteiger partial charge on any atom is 0.228 e. The molecule has 1 amide bonds. The lowest BCUT2D eigenvalue weighted by atomic mass is 10.1. The SMILES string of the molecule is Cc1cc(N2CCN(C(=O)Cc3sc(C)nc3-c3ccc(F)cc3)CC2)nc(C(C)C)n1. The molecule has 8 heteroatoms. The lowest BCUT2D eigenvalue weighted by Gasteiger charge is -2.35. The zero-order valence-corrected chi connectivity index (χ0v) is 19.7. The van der Waals surface area contributed by atoms with Crippen LogP contribution in [0.15, 0.2) is 30.3 Å². The van der Waals surface area contributed by atoms with Gasteiger partial charge in [-0.05, 0) is 38.1 Å². The highest BCUT2D eigenvalue weighted by atomic mass is 32.1. The molecule has 32 heavy (non-hydrogen) atoms. The Morgan fingerprint density at radius 3 is 2.41 bits per heavy atom. The van der Waals surface area contributed by atoms with Crippen molar-refractivity contribution in [3.8, 4) is 11.3 Å². The van der Waals surface area contributed by atoms with Crippen molar-refractivity contribution in [2.24, 2.45) is 0 Å². The third-order valence-electron chi connectivity index (χ3n) is 5.56. The zero-order chi connectivity index (χ0) is 22.8. The number of aryl methyl sites for hydroxylation is 2. The number of benzene rings is 1. The smallest absolute Gasteiger partial charge is 0.228 e. The Hall–Kier alpha value is -2.87. The van der Waals surface area contributed by atoms with E-state index in [2.05, 4.69) is 28.7 Å². The number of rotatable bonds is 5. The van der Waals surface area contributed by atoms with Crippen LogP contribution in [0.25, 0.3) is 11.3 Å². The molecule has 1 aliphatic heterocycles. The summed E-state index contributed by atoms with van der Waals surface area (Å²) in [4.78, 5) is 32.0. The highest BCUT2D eigenvalue weighted by Crippen LogP contribution is 2.29. The molecule has 168 valence electrons. The summed E-state index contributed by atoms with van der Waals surface area (Å²) in [6.07, 6.45) is 0.308. The second-order valence-electron chi connectivity index (χ2n) is 8.44. The Kier molecular flexibility index (Phi) is 6.50. The Morgan fingerprint density at radius 1 is 1.06 bits per heavy atom. The first-order valence-electron chi connectivity index (χ1n) is 10.9. The minimum absolute atomic E-state index is 0.0957. The normalized spacial score (nSPS) is 14.3. The number of amides is 1. The van der Waals surface area contributed by atoms with Crippen LogP contribution in [-0.2, 0) is 11.2 Å². The van der Waals surface area contributed by atoms with E-state index in [-0.39, 0.29) is 17.6 Å². The molecule has 0 N–H and O–H groups in total. The first-order chi connectivity index (χ1) is 15.3. The van der Waals surface area contributed by atoms with E-state index in [0.29, 0.717) is 19.5 Å². The van der Waals surface area contributed by atoms with E-state index in [0.717, 1.165) is 51.6 Å². The van der Waals surface area contributed by atoms with Crippen molar-refractivity contribution < 1.29 is 9.18 Å². The minimum atomic E-state index is -0.282. The number of hydrogen-bond acceptors (Lipinski definition) is 6. The fourth-order valence-electron chi connectivity index (χ4n) is 3.85.